The Hall–Kier alpha value is -1.98. The van der Waals surface area contributed by atoms with Crippen LogP contribution in [-0.4, -0.2) is 21.7 Å². The van der Waals surface area contributed by atoms with Gasteiger partial charge in [-0.1, -0.05) is 158 Å². The van der Waals surface area contributed by atoms with Gasteiger partial charge >= 0.3 is 7.60 Å². The number of nitrogens with two attached hydrogens (primary N) is 1. The van der Waals surface area contributed by atoms with E-state index in [9.17, 15) is 19.1 Å². The van der Waals surface area contributed by atoms with Gasteiger partial charge in [-0.2, -0.15) is 0 Å². The zero-order chi connectivity index (χ0) is 28.8. The van der Waals surface area contributed by atoms with Crippen LogP contribution in [-0.2, 0) is 14.6 Å². The molecule has 2 aromatic carbocycles. The van der Waals surface area contributed by atoms with Gasteiger partial charge in [0.25, 0.3) is 0 Å². The van der Waals surface area contributed by atoms with E-state index in [0.29, 0.717) is 28.7 Å². The van der Waals surface area contributed by atoms with Crippen LogP contribution in [0.4, 0.5) is 0 Å². The number of unbranched alkanes of at least 4 members (excludes halogenated alkanes) is 15. The van der Waals surface area contributed by atoms with Crippen LogP contribution in [0.1, 0.15) is 127 Å². The Bertz CT molecular complexity index is 1050. The fraction of sp³-hybridized carbons (Fsp3) is 0.606. The third-order valence-corrected chi connectivity index (χ3v) is 9.84. The van der Waals surface area contributed by atoms with Gasteiger partial charge in [-0.05, 0) is 17.5 Å². The molecule has 0 saturated heterocycles. The molecule has 0 aromatic heterocycles. The largest absolute Gasteiger partial charge is 0.360 e. The summed E-state index contributed by atoms with van der Waals surface area (Å²) in [6, 6.07) is 13.3. The van der Waals surface area contributed by atoms with Crippen molar-refractivity contribution in [2.45, 2.75) is 127 Å². The molecule has 1 amide bonds. The minimum absolute atomic E-state index is 0.410. The van der Waals surface area contributed by atoms with E-state index in [1.165, 1.54) is 83.5 Å². The molecule has 0 radical (unpaired) electrons. The van der Waals surface area contributed by atoms with Crippen LogP contribution >= 0.6 is 7.60 Å². The lowest BCUT2D eigenvalue weighted by Gasteiger charge is -2.34. The lowest BCUT2D eigenvalue weighted by Crippen LogP contribution is -2.51. The van der Waals surface area contributed by atoms with Crippen LogP contribution in [0, 0.1) is 0 Å². The molecule has 3 rings (SSSR count). The number of benzene rings is 2. The molecule has 0 heterocycles. The van der Waals surface area contributed by atoms with E-state index in [-0.39, 0.29) is 0 Å². The molecule has 40 heavy (non-hydrogen) atoms. The number of hydrogen-bond acceptors (Lipinski definition) is 3. The highest BCUT2D eigenvalue weighted by molar-refractivity contribution is 7.53. The van der Waals surface area contributed by atoms with E-state index in [1.807, 2.05) is 24.3 Å². The summed E-state index contributed by atoms with van der Waals surface area (Å²) < 4.78 is 13.0. The second-order valence-electron chi connectivity index (χ2n) is 11.5. The van der Waals surface area contributed by atoms with Crippen LogP contribution in [0.2, 0.25) is 0 Å². The van der Waals surface area contributed by atoms with E-state index in [0.717, 1.165) is 19.3 Å². The maximum atomic E-state index is 13.2. The van der Waals surface area contributed by atoms with Crippen LogP contribution < -0.4 is 11.1 Å². The van der Waals surface area contributed by atoms with Gasteiger partial charge in [-0.25, -0.2) is 0 Å². The average Bonchev–Trinajstić information content (AvgIpc) is 3.23. The topological polar surface area (TPSA) is 113 Å². The molecule has 1 atom stereocenters. The number of carbonyl (C=O) groups excluding carboxylic acids is 1. The Morgan fingerprint density at radius 2 is 1.10 bits per heavy atom. The molecular weight excluding hydrogens is 519 g/mol. The van der Waals surface area contributed by atoms with Crippen LogP contribution in [0.15, 0.2) is 48.5 Å². The lowest BCUT2D eigenvalue weighted by molar-refractivity contribution is -0.123. The first-order valence-corrected chi connectivity index (χ1v) is 17.3. The summed E-state index contributed by atoms with van der Waals surface area (Å²) in [5.41, 5.74) is 8.48. The monoisotopic (exact) mass is 570 g/mol. The Balaban J connectivity index is 1.35. The molecule has 2 aromatic rings. The number of carbonyl (C=O) groups is 1. The van der Waals surface area contributed by atoms with Crippen molar-refractivity contribution in [2.75, 3.05) is 0 Å². The standard InChI is InChI=1S/C33H51N2O4P/c1-2-3-4-5-6-7-8-9-10-11-12-13-14-15-16-17-26-31(34)32(36)35-33(40(37,38)39)29-24-20-18-22-27(29)28-23-19-21-25-30(28)33/h18-25,31H,2-17,26,34H2,1H3,(H,35,36)(H2,37,38,39). The molecule has 0 fully saturated rings. The first kappa shape index (κ1) is 32.5. The summed E-state index contributed by atoms with van der Waals surface area (Å²) in [6.45, 7) is 2.26. The summed E-state index contributed by atoms with van der Waals surface area (Å²) >= 11 is 0. The van der Waals surface area contributed by atoms with Crippen molar-refractivity contribution >= 4 is 13.5 Å². The third-order valence-electron chi connectivity index (χ3n) is 8.37. The normalized spacial score (nSPS) is 14.5. The average molecular weight is 571 g/mol. The molecule has 0 aliphatic heterocycles. The Kier molecular flexibility index (Phi) is 13.4. The highest BCUT2D eigenvalue weighted by atomic mass is 31.2. The molecule has 1 aliphatic carbocycles. The Morgan fingerprint density at radius 1 is 0.725 bits per heavy atom. The number of nitrogens with one attached hydrogen (secondary N) is 1. The van der Waals surface area contributed by atoms with Gasteiger partial charge < -0.3 is 20.8 Å². The van der Waals surface area contributed by atoms with Crippen molar-refractivity contribution in [3.63, 3.8) is 0 Å². The van der Waals surface area contributed by atoms with Crippen molar-refractivity contribution < 1.29 is 19.1 Å². The van der Waals surface area contributed by atoms with E-state index in [4.69, 9.17) is 5.73 Å². The first-order valence-electron chi connectivity index (χ1n) is 15.7. The predicted octanol–water partition coefficient (Wildman–Crippen LogP) is 8.14. The SMILES string of the molecule is CCCCCCCCCCCCCCCCCCC(N)C(=O)NC1(P(=O)(O)O)c2ccccc2-c2ccccc21. The number of hydrogen-bond donors (Lipinski definition) is 4. The van der Waals surface area contributed by atoms with Crippen molar-refractivity contribution in [1.82, 2.24) is 5.32 Å². The first-order chi connectivity index (χ1) is 19.3. The van der Waals surface area contributed by atoms with Gasteiger partial charge in [0.2, 0.25) is 5.91 Å². The third kappa shape index (κ3) is 8.52. The molecule has 5 N–H and O–H groups in total. The van der Waals surface area contributed by atoms with Crippen LogP contribution in [0.25, 0.3) is 11.1 Å². The van der Waals surface area contributed by atoms with Gasteiger partial charge in [0, 0.05) is 11.1 Å². The Labute approximate surface area is 241 Å². The van der Waals surface area contributed by atoms with Gasteiger partial charge in [-0.15, -0.1) is 0 Å². The quantitative estimate of drug-likeness (QED) is 0.0948. The molecule has 1 aliphatic rings. The van der Waals surface area contributed by atoms with Gasteiger partial charge in [-0.3, -0.25) is 9.36 Å². The second-order valence-corrected chi connectivity index (χ2v) is 13.3. The van der Waals surface area contributed by atoms with Crippen molar-refractivity contribution in [3.8, 4) is 11.1 Å². The van der Waals surface area contributed by atoms with Crippen molar-refractivity contribution in [1.29, 1.82) is 0 Å². The molecule has 6 nitrogen and oxygen atoms in total. The number of amides is 1. The molecule has 222 valence electrons. The van der Waals surface area contributed by atoms with Gasteiger partial charge in [0.1, 0.15) is 0 Å². The molecule has 7 heteroatoms. The molecule has 1 unspecified atom stereocenters. The second kappa shape index (κ2) is 16.5. The maximum Gasteiger partial charge on any atom is 0.360 e. The Morgan fingerprint density at radius 3 is 1.50 bits per heavy atom. The van der Waals surface area contributed by atoms with Gasteiger partial charge in [0.15, 0.2) is 5.28 Å². The fourth-order valence-electron chi connectivity index (χ4n) is 6.05. The summed E-state index contributed by atoms with van der Waals surface area (Å²) in [7, 11) is -4.85. The smallest absolute Gasteiger partial charge is 0.331 e. The van der Waals surface area contributed by atoms with Crippen LogP contribution in [0.3, 0.4) is 0 Å². The summed E-state index contributed by atoms with van der Waals surface area (Å²) in [5.74, 6) is -0.532. The van der Waals surface area contributed by atoms with E-state index in [2.05, 4.69) is 12.2 Å². The molecular formula is C33H51N2O4P. The maximum absolute atomic E-state index is 13.2. The summed E-state index contributed by atoms with van der Waals surface area (Å²) in [4.78, 5) is 34.3. The zero-order valence-electron chi connectivity index (χ0n) is 24.5. The lowest BCUT2D eigenvalue weighted by atomic mass is 10.0. The molecule has 0 saturated carbocycles. The van der Waals surface area contributed by atoms with Gasteiger partial charge in [0.05, 0.1) is 6.04 Å². The number of rotatable bonds is 20. The summed E-state index contributed by atoms with van der Waals surface area (Å²) in [6.07, 6.45) is 20.9. The van der Waals surface area contributed by atoms with Crippen LogP contribution in [0.5, 0.6) is 0 Å². The fourth-order valence-corrected chi connectivity index (χ4v) is 7.32. The minimum Gasteiger partial charge on any atom is -0.331 e. The number of fused-ring (bicyclic) bond motifs is 3. The van der Waals surface area contributed by atoms with E-state index in [1.54, 1.807) is 24.3 Å². The highest BCUT2D eigenvalue weighted by Crippen LogP contribution is 2.65. The molecule has 0 spiro atoms. The summed E-state index contributed by atoms with van der Waals surface area (Å²) in [5, 5.41) is 0.795. The van der Waals surface area contributed by atoms with E-state index < -0.39 is 24.8 Å². The van der Waals surface area contributed by atoms with Crippen molar-refractivity contribution in [2.24, 2.45) is 5.73 Å². The predicted molar refractivity (Wildman–Crippen MR) is 165 cm³/mol. The minimum atomic E-state index is -4.85. The van der Waals surface area contributed by atoms with E-state index >= 15 is 0 Å². The highest BCUT2D eigenvalue weighted by Gasteiger charge is 2.57. The van der Waals surface area contributed by atoms with Crippen molar-refractivity contribution in [3.05, 3.63) is 59.7 Å². The zero-order valence-corrected chi connectivity index (χ0v) is 25.3. The molecule has 0 bridgehead atoms.